The molecule has 4 aliphatic carbocycles. The van der Waals surface area contributed by atoms with Crippen LogP contribution < -0.4 is 0 Å². The summed E-state index contributed by atoms with van der Waals surface area (Å²) in [7, 11) is 0. The molecule has 1 heterocycles. The molecule has 2 fully saturated rings. The number of nitrogens with zero attached hydrogens (tertiary/aromatic N) is 1. The zero-order valence-electron chi connectivity index (χ0n) is 28.0. The number of para-hydroxylation sites is 2. The summed E-state index contributed by atoms with van der Waals surface area (Å²) in [5, 5.41) is 2.70. The summed E-state index contributed by atoms with van der Waals surface area (Å²) in [6, 6.07) is 43.8. The summed E-state index contributed by atoms with van der Waals surface area (Å²) in [6.45, 7) is 5.39. The fourth-order valence-electron chi connectivity index (χ4n) is 9.06. The first-order valence-electron chi connectivity index (χ1n) is 17.6. The third kappa shape index (κ3) is 5.34. The average Bonchev–Trinajstić information content (AvgIpc) is 4.04. The first-order valence-corrected chi connectivity index (χ1v) is 26.6. The van der Waals surface area contributed by atoms with Gasteiger partial charge in [0, 0.05) is 0 Å². The van der Waals surface area contributed by atoms with Crippen LogP contribution in [-0.4, -0.2) is 10.0 Å². The first kappa shape index (κ1) is 33.2. The Balaban J connectivity index is 0.00000174. The number of allylic oxidation sites excluding steroid dienone is 2. The van der Waals surface area contributed by atoms with Crippen LogP contribution in [0.15, 0.2) is 126 Å². The van der Waals surface area contributed by atoms with E-state index in [9.17, 15) is 0 Å². The van der Waals surface area contributed by atoms with E-state index in [0.717, 1.165) is 11.8 Å². The van der Waals surface area contributed by atoms with Crippen LogP contribution in [0.4, 0.5) is 0 Å². The van der Waals surface area contributed by atoms with Gasteiger partial charge in [0.15, 0.2) is 0 Å². The predicted octanol–water partition coefficient (Wildman–Crippen LogP) is 12.6. The third-order valence-corrected chi connectivity index (χ3v) is 30.7. The molecule has 6 aromatic rings. The second-order valence-electron chi connectivity index (χ2n) is 14.5. The van der Waals surface area contributed by atoms with Gasteiger partial charge in [-0.05, 0) is 0 Å². The number of aromatic nitrogens is 1. The molecule has 5 aromatic carbocycles. The molecule has 1 nitrogen and oxygen atoms in total. The molecule has 0 spiro atoms. The summed E-state index contributed by atoms with van der Waals surface area (Å²) in [5.74, 6) is 1.58. The summed E-state index contributed by atoms with van der Waals surface area (Å²) < 4.78 is 3.95. The van der Waals surface area contributed by atoms with Gasteiger partial charge in [-0.15, -0.1) is 24.8 Å². The Morgan fingerprint density at radius 3 is 1.63 bits per heavy atom. The first-order chi connectivity index (χ1) is 23.2. The Bertz CT molecular complexity index is 2300. The monoisotopic (exact) mass is 771 g/mol. The van der Waals surface area contributed by atoms with Gasteiger partial charge >= 0.3 is 288 Å². The van der Waals surface area contributed by atoms with Crippen LogP contribution in [0.25, 0.3) is 50.8 Å². The van der Waals surface area contributed by atoms with E-state index in [1.54, 1.807) is 16.7 Å². The van der Waals surface area contributed by atoms with Gasteiger partial charge in [0.25, 0.3) is 0 Å². The van der Waals surface area contributed by atoms with Gasteiger partial charge in [-0.3, -0.25) is 0 Å². The molecule has 0 bridgehead atoms. The van der Waals surface area contributed by atoms with Crippen LogP contribution in [0.2, 0.25) is 13.1 Å². The molecular weight excluding hydrogens is 733 g/mol. The Labute approximate surface area is 310 Å². The molecule has 2 unspecified atom stereocenters. The molecule has 5 heteroatoms. The van der Waals surface area contributed by atoms with Gasteiger partial charge in [-0.1, -0.05) is 0 Å². The van der Waals surface area contributed by atoms with E-state index in [-0.39, 0.29) is 24.8 Å². The molecule has 0 radical (unpaired) electrons. The Hall–Kier alpha value is -2.94. The zero-order chi connectivity index (χ0) is 31.2. The fourth-order valence-corrected chi connectivity index (χ4v) is 29.6. The van der Waals surface area contributed by atoms with E-state index in [1.165, 1.54) is 69.9 Å². The maximum atomic E-state index is 2.72. The minimum Gasteiger partial charge on any atom is -0.147 e. The number of fused-ring (bicyclic) bond motifs is 5. The van der Waals surface area contributed by atoms with Gasteiger partial charge in [-0.2, -0.15) is 0 Å². The van der Waals surface area contributed by atoms with Crippen molar-refractivity contribution in [2.45, 2.75) is 46.0 Å². The molecule has 49 heavy (non-hydrogen) atoms. The number of halogens is 2. The quantitative estimate of drug-likeness (QED) is 0.149. The van der Waals surface area contributed by atoms with Crippen molar-refractivity contribution in [1.29, 1.82) is 0 Å². The van der Waals surface area contributed by atoms with Crippen molar-refractivity contribution in [3.8, 4) is 16.8 Å². The summed E-state index contributed by atoms with van der Waals surface area (Å²) in [5.41, 5.74) is 16.3. The maximum absolute atomic E-state index is 2.72. The molecule has 4 aliphatic rings. The zero-order valence-corrected chi connectivity index (χ0v) is 33.1. The van der Waals surface area contributed by atoms with Crippen molar-refractivity contribution in [2.24, 2.45) is 11.8 Å². The van der Waals surface area contributed by atoms with Crippen LogP contribution >= 0.6 is 24.8 Å². The topological polar surface area (TPSA) is 4.93 Å². The van der Waals surface area contributed by atoms with Crippen molar-refractivity contribution in [3.63, 3.8) is 0 Å². The normalized spacial score (nSPS) is 19.1. The number of hydrogen-bond acceptors (Lipinski definition) is 0. The van der Waals surface area contributed by atoms with Gasteiger partial charge in [-0.25, -0.2) is 0 Å². The number of rotatable bonds is 6. The maximum Gasteiger partial charge on any atom is -0.147 e. The molecule has 244 valence electrons. The van der Waals surface area contributed by atoms with Crippen LogP contribution in [0.5, 0.6) is 0 Å². The fraction of sp³-hybridized carbons (Fsp3) is 0.227. The van der Waals surface area contributed by atoms with E-state index in [0.29, 0.717) is 7.25 Å². The molecule has 0 aliphatic heterocycles. The molecule has 2 saturated carbocycles. The van der Waals surface area contributed by atoms with Crippen LogP contribution in [0.3, 0.4) is 0 Å². The Morgan fingerprint density at radius 2 is 1.06 bits per heavy atom. The summed E-state index contributed by atoms with van der Waals surface area (Å²) in [6.07, 6.45) is 10.9. The predicted molar refractivity (Wildman–Crippen MR) is 212 cm³/mol. The van der Waals surface area contributed by atoms with Gasteiger partial charge < -0.3 is 0 Å². The van der Waals surface area contributed by atoms with E-state index >= 15 is 0 Å². The van der Waals surface area contributed by atoms with E-state index in [2.05, 4.69) is 145 Å². The molecule has 1 aromatic heterocycles. The van der Waals surface area contributed by atoms with Gasteiger partial charge in [0.2, 0.25) is 0 Å². The van der Waals surface area contributed by atoms with Crippen molar-refractivity contribution in [1.82, 2.24) is 4.57 Å². The van der Waals surface area contributed by atoms with E-state index < -0.39 is 25.8 Å². The second-order valence-corrected chi connectivity index (χ2v) is 32.3. The van der Waals surface area contributed by atoms with Crippen molar-refractivity contribution >= 4 is 64.2 Å². The number of hydrogen-bond donors (Lipinski definition) is 0. The SMILES string of the molecule is C[Si](C)=[Zr]([CH]1C(C2CC2)=Cc2c(-c3ccccc3)cccc21)[CH]1C(C2CC2)=Cc2c1cccc2-n1c2ccccc2c2ccccc21.Cl.Cl. The molecular formula is C44H41Cl2NSiZr. The van der Waals surface area contributed by atoms with E-state index in [4.69, 9.17) is 0 Å². The number of benzene rings is 5. The van der Waals surface area contributed by atoms with E-state index in [1.807, 2.05) is 11.1 Å². The Kier molecular flexibility index (Phi) is 8.81. The van der Waals surface area contributed by atoms with Crippen LogP contribution in [-0.2, 0) is 20.4 Å². The largest absolute Gasteiger partial charge is 0.147 e. The van der Waals surface area contributed by atoms with Crippen molar-refractivity contribution in [2.75, 3.05) is 0 Å². The minimum absolute atomic E-state index is 0. The van der Waals surface area contributed by atoms with Crippen molar-refractivity contribution < 1.29 is 20.4 Å². The van der Waals surface area contributed by atoms with Crippen LogP contribution in [0, 0.1) is 11.8 Å². The smallest absolute Gasteiger partial charge is 0.147 e. The minimum atomic E-state index is -2.22. The summed E-state index contributed by atoms with van der Waals surface area (Å²) >= 11 is -2.22. The van der Waals surface area contributed by atoms with Gasteiger partial charge in [0.1, 0.15) is 0 Å². The van der Waals surface area contributed by atoms with Crippen molar-refractivity contribution in [3.05, 3.63) is 149 Å². The second kappa shape index (κ2) is 13.0. The Morgan fingerprint density at radius 1 is 0.551 bits per heavy atom. The van der Waals surface area contributed by atoms with Crippen LogP contribution in [0.1, 0.15) is 55.2 Å². The molecule has 0 saturated heterocycles. The molecule has 2 atom stereocenters. The summed E-state index contributed by atoms with van der Waals surface area (Å²) in [4.78, 5) is 0. The molecule has 0 amide bonds. The third-order valence-electron chi connectivity index (χ3n) is 11.4. The standard InChI is InChI=1S/C24H18N.C18H15.C2H6Si.2ClH.Zr/c1-3-9-22-19(7-1)20-8-2-4-10-23(20)25(22)24-11-5-6-17-14-18(15-21(17)24)16-12-13-16;1-2-5-14(6-3-1)17-8-4-7-15-11-16(12-18(15)17)13-9-10-13;1-3-2;;;/h1-11,14-16H,12-13H2;1-8,11-13H,9-10H2;1-2H3;2*1H;. The molecule has 10 rings (SSSR count). The van der Waals surface area contributed by atoms with Gasteiger partial charge in [0.05, 0.1) is 0 Å². The average molecular weight is 774 g/mol. The molecule has 0 N–H and O–H groups in total.